The predicted molar refractivity (Wildman–Crippen MR) is 110 cm³/mol. The zero-order valence-corrected chi connectivity index (χ0v) is 15.7. The van der Waals surface area contributed by atoms with Crippen molar-refractivity contribution in [3.05, 3.63) is 84.4 Å². The highest BCUT2D eigenvalue weighted by Gasteiger charge is 2.07. The minimum Gasteiger partial charge on any atom is -0.492 e. The zero-order chi connectivity index (χ0) is 19.1. The number of carbonyl (C=O) groups excluding carboxylic acids is 1. The first-order valence-electron chi connectivity index (χ1n) is 8.96. The molecule has 0 aliphatic rings. The summed E-state index contributed by atoms with van der Waals surface area (Å²) >= 11 is 0. The fourth-order valence-corrected chi connectivity index (χ4v) is 2.63. The molecular formula is C23H24N2O2. The second-order valence-electron chi connectivity index (χ2n) is 6.57. The quantitative estimate of drug-likeness (QED) is 0.672. The average Bonchev–Trinajstić information content (AvgIpc) is 2.70. The van der Waals surface area contributed by atoms with Gasteiger partial charge in [-0.15, -0.1) is 0 Å². The fourth-order valence-electron chi connectivity index (χ4n) is 2.63. The van der Waals surface area contributed by atoms with E-state index < -0.39 is 0 Å². The van der Waals surface area contributed by atoms with E-state index >= 15 is 0 Å². The third kappa shape index (κ3) is 5.43. The molecule has 3 aromatic carbocycles. The van der Waals surface area contributed by atoms with E-state index in [-0.39, 0.29) is 5.91 Å². The Labute approximate surface area is 160 Å². The molecule has 3 rings (SSSR count). The van der Waals surface area contributed by atoms with Gasteiger partial charge in [0.05, 0.1) is 0 Å². The molecule has 138 valence electrons. The number of hydrogen-bond acceptors (Lipinski definition) is 3. The number of rotatable bonds is 7. The Morgan fingerprint density at radius 3 is 2.11 bits per heavy atom. The monoisotopic (exact) mass is 360 g/mol. The SMILES string of the molecule is CN(C)CCOc1ccc(NC(=O)c2ccc(-c3ccccc3)cc2)cc1. The van der Waals surface area contributed by atoms with Crippen LogP contribution in [0.5, 0.6) is 5.75 Å². The minimum absolute atomic E-state index is 0.129. The highest BCUT2D eigenvalue weighted by atomic mass is 16.5. The highest BCUT2D eigenvalue weighted by Crippen LogP contribution is 2.20. The smallest absolute Gasteiger partial charge is 0.255 e. The zero-order valence-electron chi connectivity index (χ0n) is 15.7. The maximum atomic E-state index is 12.4. The van der Waals surface area contributed by atoms with Crippen molar-refractivity contribution in [1.29, 1.82) is 0 Å². The summed E-state index contributed by atoms with van der Waals surface area (Å²) in [6.45, 7) is 1.49. The first kappa shape index (κ1) is 18.7. The molecule has 27 heavy (non-hydrogen) atoms. The standard InChI is InChI=1S/C23H24N2O2/c1-25(2)16-17-27-22-14-12-21(13-15-22)24-23(26)20-10-8-19(9-11-20)18-6-4-3-5-7-18/h3-15H,16-17H2,1-2H3,(H,24,26). The van der Waals surface area contributed by atoms with E-state index in [0.717, 1.165) is 29.1 Å². The Morgan fingerprint density at radius 1 is 0.852 bits per heavy atom. The van der Waals surface area contributed by atoms with E-state index in [4.69, 9.17) is 4.74 Å². The van der Waals surface area contributed by atoms with Crippen molar-refractivity contribution < 1.29 is 9.53 Å². The number of nitrogens with zero attached hydrogens (tertiary/aromatic N) is 1. The molecule has 0 spiro atoms. The third-order valence-corrected chi connectivity index (χ3v) is 4.17. The van der Waals surface area contributed by atoms with Crippen LogP contribution in [0.1, 0.15) is 10.4 Å². The molecule has 0 radical (unpaired) electrons. The van der Waals surface area contributed by atoms with Crippen molar-refractivity contribution in [1.82, 2.24) is 4.90 Å². The van der Waals surface area contributed by atoms with Gasteiger partial charge in [0.15, 0.2) is 0 Å². The van der Waals surface area contributed by atoms with Crippen LogP contribution in [0.25, 0.3) is 11.1 Å². The summed E-state index contributed by atoms with van der Waals surface area (Å²) in [4.78, 5) is 14.5. The summed E-state index contributed by atoms with van der Waals surface area (Å²) < 4.78 is 5.66. The Hall–Kier alpha value is -3.11. The van der Waals surface area contributed by atoms with E-state index in [9.17, 15) is 4.79 Å². The molecule has 0 aliphatic heterocycles. The molecule has 4 nitrogen and oxygen atoms in total. The van der Waals surface area contributed by atoms with Crippen LogP contribution >= 0.6 is 0 Å². The molecule has 0 aromatic heterocycles. The van der Waals surface area contributed by atoms with Gasteiger partial charge >= 0.3 is 0 Å². The number of ether oxygens (including phenoxy) is 1. The number of carbonyl (C=O) groups is 1. The largest absolute Gasteiger partial charge is 0.492 e. The number of nitrogens with one attached hydrogen (secondary N) is 1. The lowest BCUT2D eigenvalue weighted by molar-refractivity contribution is 0.102. The molecule has 1 N–H and O–H groups in total. The second-order valence-corrected chi connectivity index (χ2v) is 6.57. The molecule has 0 saturated heterocycles. The van der Waals surface area contributed by atoms with Crippen LogP contribution in [-0.2, 0) is 0 Å². The molecule has 0 unspecified atom stereocenters. The summed E-state index contributed by atoms with van der Waals surface area (Å²) in [5.41, 5.74) is 3.59. The van der Waals surface area contributed by atoms with Crippen LogP contribution < -0.4 is 10.1 Å². The molecule has 0 aliphatic carbocycles. The molecule has 3 aromatic rings. The van der Waals surface area contributed by atoms with Gasteiger partial charge in [-0.25, -0.2) is 0 Å². The normalized spacial score (nSPS) is 10.6. The summed E-state index contributed by atoms with van der Waals surface area (Å²) in [7, 11) is 4.02. The fraction of sp³-hybridized carbons (Fsp3) is 0.174. The van der Waals surface area contributed by atoms with E-state index in [0.29, 0.717) is 12.2 Å². The summed E-state index contributed by atoms with van der Waals surface area (Å²) in [6, 6.07) is 25.1. The van der Waals surface area contributed by atoms with Crippen LogP contribution in [0, 0.1) is 0 Å². The number of likely N-dealkylation sites (N-methyl/N-ethyl adjacent to an activating group) is 1. The van der Waals surface area contributed by atoms with E-state index in [1.54, 1.807) is 0 Å². The van der Waals surface area contributed by atoms with Gasteiger partial charge in [-0.2, -0.15) is 0 Å². The van der Waals surface area contributed by atoms with Crippen LogP contribution in [-0.4, -0.2) is 38.1 Å². The molecule has 1 amide bonds. The van der Waals surface area contributed by atoms with E-state index in [1.165, 1.54) is 0 Å². The van der Waals surface area contributed by atoms with Crippen LogP contribution in [0.4, 0.5) is 5.69 Å². The lowest BCUT2D eigenvalue weighted by Gasteiger charge is -2.11. The minimum atomic E-state index is -0.129. The summed E-state index contributed by atoms with van der Waals surface area (Å²) in [6.07, 6.45) is 0. The van der Waals surface area contributed by atoms with Crippen LogP contribution in [0.15, 0.2) is 78.9 Å². The molecule has 0 atom stereocenters. The second kappa shape index (κ2) is 9.01. The van der Waals surface area contributed by atoms with Crippen molar-refractivity contribution >= 4 is 11.6 Å². The maximum absolute atomic E-state index is 12.4. The molecule has 0 fully saturated rings. The van der Waals surface area contributed by atoms with Crippen molar-refractivity contribution in [3.8, 4) is 16.9 Å². The Balaban J connectivity index is 1.58. The molecular weight excluding hydrogens is 336 g/mol. The van der Waals surface area contributed by atoms with Gasteiger partial charge < -0.3 is 15.0 Å². The highest BCUT2D eigenvalue weighted by molar-refractivity contribution is 6.04. The van der Waals surface area contributed by atoms with Gasteiger partial charge in [0.25, 0.3) is 5.91 Å². The third-order valence-electron chi connectivity index (χ3n) is 4.17. The van der Waals surface area contributed by atoms with Crippen LogP contribution in [0.3, 0.4) is 0 Å². The van der Waals surface area contributed by atoms with Gasteiger partial charge in [0, 0.05) is 17.8 Å². The Morgan fingerprint density at radius 2 is 1.48 bits per heavy atom. The van der Waals surface area contributed by atoms with Crippen molar-refractivity contribution in [2.24, 2.45) is 0 Å². The topological polar surface area (TPSA) is 41.6 Å². The lowest BCUT2D eigenvalue weighted by Crippen LogP contribution is -2.19. The van der Waals surface area contributed by atoms with Crippen molar-refractivity contribution in [3.63, 3.8) is 0 Å². The number of amides is 1. The molecule has 0 heterocycles. The summed E-state index contributed by atoms with van der Waals surface area (Å²) in [5, 5.41) is 2.92. The Bertz CT molecular complexity index is 857. The van der Waals surface area contributed by atoms with Gasteiger partial charge in [0.2, 0.25) is 0 Å². The Kier molecular flexibility index (Phi) is 6.23. The van der Waals surface area contributed by atoms with Crippen molar-refractivity contribution in [2.45, 2.75) is 0 Å². The number of hydrogen-bond donors (Lipinski definition) is 1. The molecule has 0 saturated carbocycles. The van der Waals surface area contributed by atoms with Crippen molar-refractivity contribution in [2.75, 3.05) is 32.6 Å². The van der Waals surface area contributed by atoms with Gasteiger partial charge in [-0.05, 0) is 61.6 Å². The van der Waals surface area contributed by atoms with E-state index in [1.807, 2.05) is 80.8 Å². The average molecular weight is 360 g/mol. The van der Waals surface area contributed by atoms with Gasteiger partial charge in [-0.1, -0.05) is 42.5 Å². The molecule has 0 bridgehead atoms. The lowest BCUT2D eigenvalue weighted by atomic mass is 10.0. The predicted octanol–water partition coefficient (Wildman–Crippen LogP) is 4.55. The molecule has 4 heteroatoms. The van der Waals surface area contributed by atoms with Crippen LogP contribution in [0.2, 0.25) is 0 Å². The van der Waals surface area contributed by atoms with Gasteiger partial charge in [-0.3, -0.25) is 4.79 Å². The number of anilines is 1. The number of benzene rings is 3. The maximum Gasteiger partial charge on any atom is 0.255 e. The van der Waals surface area contributed by atoms with Gasteiger partial charge in [0.1, 0.15) is 12.4 Å². The summed E-state index contributed by atoms with van der Waals surface area (Å²) in [5.74, 6) is 0.665. The first-order valence-corrected chi connectivity index (χ1v) is 8.96. The first-order chi connectivity index (χ1) is 13.1. The van der Waals surface area contributed by atoms with E-state index in [2.05, 4.69) is 22.3 Å².